The molecule has 0 spiro atoms. The summed E-state index contributed by atoms with van der Waals surface area (Å²) < 4.78 is 41.1. The molecule has 0 saturated carbocycles. The summed E-state index contributed by atoms with van der Waals surface area (Å²) in [5, 5.41) is 2.82. The summed E-state index contributed by atoms with van der Waals surface area (Å²) in [5.41, 5.74) is 2.92. The van der Waals surface area contributed by atoms with Crippen molar-refractivity contribution in [3.8, 4) is 17.2 Å². The third-order valence-electron chi connectivity index (χ3n) is 5.78. The van der Waals surface area contributed by atoms with Crippen molar-refractivity contribution in [2.24, 2.45) is 0 Å². The molecule has 0 radical (unpaired) electrons. The summed E-state index contributed by atoms with van der Waals surface area (Å²) >= 11 is 0. The Morgan fingerprint density at radius 2 is 1.73 bits per heavy atom. The van der Waals surface area contributed by atoms with Gasteiger partial charge in [0.1, 0.15) is 18.0 Å². The Bertz CT molecular complexity index is 1450. The first-order valence-electron chi connectivity index (χ1n) is 11.5. The van der Waals surface area contributed by atoms with E-state index >= 15 is 0 Å². The average molecular weight is 521 g/mol. The lowest BCUT2D eigenvalue weighted by Crippen LogP contribution is -2.40. The van der Waals surface area contributed by atoms with Gasteiger partial charge < -0.3 is 19.4 Å². The van der Waals surface area contributed by atoms with E-state index < -0.39 is 22.5 Å². The van der Waals surface area contributed by atoms with E-state index in [2.05, 4.69) is 10.3 Å². The van der Waals surface area contributed by atoms with E-state index in [0.717, 1.165) is 21.1 Å². The number of carbonyl (C=O) groups excluding carboxylic acids is 1. The second kappa shape index (κ2) is 11.2. The molecular formula is C27H28N4O5S. The zero-order valence-electron chi connectivity index (χ0n) is 20.8. The molecule has 0 aliphatic carbocycles. The van der Waals surface area contributed by atoms with Crippen LogP contribution in [0.4, 0.5) is 5.69 Å². The number of hydrogen-bond donors (Lipinski definition) is 1. The van der Waals surface area contributed by atoms with Crippen molar-refractivity contribution in [3.63, 3.8) is 0 Å². The standard InChI is InChI=1S/C27H28N4O5S/c1-20-4-11-24(12-5-20)37(33,34)31(25-16-23(35-2)10-13-26(25)36-3)18-27(32)29-17-21-6-8-22(9-7-21)30-15-14-28-19-30/h4-16,19H,17-18H2,1-3H3,(H,29,32). The molecular weight excluding hydrogens is 492 g/mol. The third-order valence-corrected chi connectivity index (χ3v) is 7.55. The monoisotopic (exact) mass is 520 g/mol. The van der Waals surface area contributed by atoms with Crippen LogP contribution in [-0.4, -0.2) is 44.6 Å². The summed E-state index contributed by atoms with van der Waals surface area (Å²) in [4.78, 5) is 17.1. The minimum Gasteiger partial charge on any atom is -0.497 e. The predicted molar refractivity (Wildman–Crippen MR) is 141 cm³/mol. The Hall–Kier alpha value is -4.31. The van der Waals surface area contributed by atoms with E-state index in [0.29, 0.717) is 11.5 Å². The van der Waals surface area contributed by atoms with Crippen LogP contribution in [0.15, 0.2) is 90.3 Å². The first-order chi connectivity index (χ1) is 17.8. The zero-order valence-corrected chi connectivity index (χ0v) is 21.6. The van der Waals surface area contributed by atoms with Crippen molar-refractivity contribution in [2.45, 2.75) is 18.4 Å². The molecule has 1 aromatic heterocycles. The van der Waals surface area contributed by atoms with E-state index in [1.165, 1.54) is 32.4 Å². The second-order valence-corrected chi connectivity index (χ2v) is 10.1. The van der Waals surface area contributed by atoms with E-state index in [1.807, 2.05) is 42.0 Å². The number of imidazole rings is 1. The number of hydrogen-bond acceptors (Lipinski definition) is 6. The number of nitrogens with zero attached hydrogens (tertiary/aromatic N) is 3. The molecule has 9 nitrogen and oxygen atoms in total. The van der Waals surface area contributed by atoms with Crippen molar-refractivity contribution in [1.82, 2.24) is 14.9 Å². The normalized spacial score (nSPS) is 11.1. The molecule has 0 saturated heterocycles. The lowest BCUT2D eigenvalue weighted by molar-refractivity contribution is -0.119. The van der Waals surface area contributed by atoms with Gasteiger partial charge in [-0.1, -0.05) is 29.8 Å². The molecule has 0 fully saturated rings. The van der Waals surface area contributed by atoms with E-state index in [4.69, 9.17) is 9.47 Å². The number of nitrogens with one attached hydrogen (secondary N) is 1. The predicted octanol–water partition coefficient (Wildman–Crippen LogP) is 3.71. The quantitative estimate of drug-likeness (QED) is 0.342. The molecule has 0 unspecified atom stereocenters. The number of rotatable bonds is 10. The maximum atomic E-state index is 13.7. The van der Waals surface area contributed by atoms with Crippen molar-refractivity contribution in [3.05, 3.63) is 96.6 Å². The SMILES string of the molecule is COc1ccc(OC)c(N(CC(=O)NCc2ccc(-n3ccnc3)cc2)S(=O)(=O)c2ccc(C)cc2)c1. The summed E-state index contributed by atoms with van der Waals surface area (Å²) in [5.74, 6) is 0.247. The number of amides is 1. The van der Waals surface area contributed by atoms with Gasteiger partial charge in [-0.15, -0.1) is 0 Å². The largest absolute Gasteiger partial charge is 0.497 e. The van der Waals surface area contributed by atoms with Crippen molar-refractivity contribution in [2.75, 3.05) is 25.1 Å². The minimum absolute atomic E-state index is 0.0610. The van der Waals surface area contributed by atoms with Gasteiger partial charge in [-0.05, 0) is 48.9 Å². The number of sulfonamides is 1. The maximum Gasteiger partial charge on any atom is 0.264 e. The first-order valence-corrected chi connectivity index (χ1v) is 12.9. The van der Waals surface area contributed by atoms with Crippen LogP contribution < -0.4 is 19.1 Å². The second-order valence-electron chi connectivity index (χ2n) is 8.28. The lowest BCUT2D eigenvalue weighted by Gasteiger charge is -2.26. The lowest BCUT2D eigenvalue weighted by atomic mass is 10.2. The molecule has 3 aromatic carbocycles. The summed E-state index contributed by atoms with van der Waals surface area (Å²) in [6.45, 7) is 1.65. The van der Waals surface area contributed by atoms with Gasteiger partial charge in [0, 0.05) is 30.7 Å². The van der Waals surface area contributed by atoms with Crippen LogP contribution in [0, 0.1) is 6.92 Å². The average Bonchev–Trinajstić information content (AvgIpc) is 3.46. The highest BCUT2D eigenvalue weighted by molar-refractivity contribution is 7.92. The molecule has 0 aliphatic rings. The number of anilines is 1. The van der Waals surface area contributed by atoms with Gasteiger partial charge in [-0.2, -0.15) is 0 Å². The molecule has 37 heavy (non-hydrogen) atoms. The van der Waals surface area contributed by atoms with E-state index in [-0.39, 0.29) is 17.1 Å². The smallest absolute Gasteiger partial charge is 0.264 e. The Morgan fingerprint density at radius 3 is 2.35 bits per heavy atom. The fourth-order valence-electron chi connectivity index (χ4n) is 3.71. The highest BCUT2D eigenvalue weighted by Crippen LogP contribution is 2.35. The molecule has 0 atom stereocenters. The van der Waals surface area contributed by atoms with Crippen molar-refractivity contribution < 1.29 is 22.7 Å². The highest BCUT2D eigenvalue weighted by Gasteiger charge is 2.30. The van der Waals surface area contributed by atoms with E-state index in [9.17, 15) is 13.2 Å². The van der Waals surface area contributed by atoms with Crippen LogP contribution in [0.3, 0.4) is 0 Å². The number of carbonyl (C=O) groups is 1. The Balaban J connectivity index is 1.58. The van der Waals surface area contributed by atoms with Crippen molar-refractivity contribution >= 4 is 21.6 Å². The maximum absolute atomic E-state index is 13.7. The summed E-state index contributed by atoms with van der Waals surface area (Å²) in [6.07, 6.45) is 5.24. The van der Waals surface area contributed by atoms with Gasteiger partial charge in [-0.3, -0.25) is 9.10 Å². The molecule has 4 rings (SSSR count). The molecule has 4 aromatic rings. The molecule has 1 amide bonds. The third kappa shape index (κ3) is 5.92. The van der Waals surface area contributed by atoms with Gasteiger partial charge >= 0.3 is 0 Å². The number of ether oxygens (including phenoxy) is 2. The summed E-state index contributed by atoms with van der Waals surface area (Å²) in [7, 11) is -1.19. The number of benzene rings is 3. The van der Waals surface area contributed by atoms with Gasteiger partial charge in [0.05, 0.1) is 31.1 Å². The Labute approximate surface area is 216 Å². The fraction of sp³-hybridized carbons (Fsp3) is 0.185. The molecule has 1 N–H and O–H groups in total. The summed E-state index contributed by atoms with van der Waals surface area (Å²) in [6, 6.07) is 18.9. The number of aromatic nitrogens is 2. The molecule has 0 bridgehead atoms. The van der Waals surface area contributed by atoms with Crippen LogP contribution in [0.1, 0.15) is 11.1 Å². The van der Waals surface area contributed by atoms with Gasteiger partial charge in [0.2, 0.25) is 5.91 Å². The van der Waals surface area contributed by atoms with Gasteiger partial charge in [0.25, 0.3) is 10.0 Å². The minimum atomic E-state index is -4.11. The molecule has 0 aliphatic heterocycles. The van der Waals surface area contributed by atoms with Crippen LogP contribution in [0.2, 0.25) is 0 Å². The van der Waals surface area contributed by atoms with Crippen LogP contribution in [0.5, 0.6) is 11.5 Å². The van der Waals surface area contributed by atoms with Crippen LogP contribution in [-0.2, 0) is 21.4 Å². The van der Waals surface area contributed by atoms with Crippen LogP contribution in [0.25, 0.3) is 5.69 Å². The molecule has 10 heteroatoms. The van der Waals surface area contributed by atoms with Crippen molar-refractivity contribution in [1.29, 1.82) is 0 Å². The Kier molecular flexibility index (Phi) is 7.78. The topological polar surface area (TPSA) is 103 Å². The van der Waals surface area contributed by atoms with E-state index in [1.54, 1.807) is 36.8 Å². The Morgan fingerprint density at radius 1 is 1.00 bits per heavy atom. The van der Waals surface area contributed by atoms with Gasteiger partial charge in [-0.25, -0.2) is 13.4 Å². The fourth-order valence-corrected chi connectivity index (χ4v) is 5.14. The first kappa shape index (κ1) is 25.8. The van der Waals surface area contributed by atoms with Gasteiger partial charge in [0.15, 0.2) is 0 Å². The number of aryl methyl sites for hydroxylation is 1. The number of methoxy groups -OCH3 is 2. The molecule has 1 heterocycles. The highest BCUT2D eigenvalue weighted by atomic mass is 32.2. The van der Waals surface area contributed by atoms with Crippen LogP contribution >= 0.6 is 0 Å². The molecule has 192 valence electrons. The zero-order chi connectivity index (χ0) is 26.4.